The first-order valence-electron chi connectivity index (χ1n) is 7.37. The van der Waals surface area contributed by atoms with Crippen LogP contribution in [0.25, 0.3) is 0 Å². The Morgan fingerprint density at radius 2 is 2.33 bits per heavy atom. The van der Waals surface area contributed by atoms with Gasteiger partial charge in [0.15, 0.2) is 11.6 Å². The van der Waals surface area contributed by atoms with Crippen molar-refractivity contribution in [1.29, 1.82) is 0 Å². The zero-order valence-electron chi connectivity index (χ0n) is 12.7. The average Bonchev–Trinajstić information content (AvgIpc) is 2.48. The third-order valence-electron chi connectivity index (χ3n) is 3.92. The minimum Gasteiger partial charge on any atom is -0.494 e. The fourth-order valence-electron chi connectivity index (χ4n) is 2.67. The predicted octanol–water partition coefficient (Wildman–Crippen LogP) is 2.18. The number of amides is 1. The summed E-state index contributed by atoms with van der Waals surface area (Å²) >= 11 is 0. The molecule has 0 spiro atoms. The monoisotopic (exact) mass is 294 g/mol. The zero-order chi connectivity index (χ0) is 15.2. The van der Waals surface area contributed by atoms with Crippen LogP contribution in [0, 0.1) is 11.7 Å². The maximum absolute atomic E-state index is 13.6. The molecule has 1 fully saturated rings. The van der Waals surface area contributed by atoms with Gasteiger partial charge in [0, 0.05) is 20.0 Å². The van der Waals surface area contributed by atoms with E-state index in [4.69, 9.17) is 4.74 Å². The Bertz CT molecular complexity index is 487. The lowest BCUT2D eigenvalue weighted by Crippen LogP contribution is -2.34. The third kappa shape index (κ3) is 4.43. The maximum atomic E-state index is 13.6. The lowest BCUT2D eigenvalue weighted by molar-refractivity contribution is -0.131. The van der Waals surface area contributed by atoms with Crippen molar-refractivity contribution in [3.63, 3.8) is 0 Å². The predicted molar refractivity (Wildman–Crippen MR) is 79.6 cm³/mol. The highest BCUT2D eigenvalue weighted by atomic mass is 19.1. The van der Waals surface area contributed by atoms with E-state index in [1.807, 2.05) is 0 Å². The van der Waals surface area contributed by atoms with Gasteiger partial charge in [-0.25, -0.2) is 4.39 Å². The van der Waals surface area contributed by atoms with E-state index in [1.54, 1.807) is 24.1 Å². The Balaban J connectivity index is 1.89. The molecule has 21 heavy (non-hydrogen) atoms. The molecule has 1 N–H and O–H groups in total. The van der Waals surface area contributed by atoms with Crippen LogP contribution in [-0.4, -0.2) is 38.1 Å². The van der Waals surface area contributed by atoms with Crippen molar-refractivity contribution in [1.82, 2.24) is 10.2 Å². The minimum absolute atomic E-state index is 0.111. The SMILES string of the molecule is COc1ccc(CN(C)C(=O)CC2CCCNC2)cc1F. The second-order valence-electron chi connectivity index (χ2n) is 5.64. The van der Waals surface area contributed by atoms with Gasteiger partial charge in [-0.1, -0.05) is 6.07 Å². The fourth-order valence-corrected chi connectivity index (χ4v) is 2.67. The molecule has 0 aromatic heterocycles. The molecule has 1 saturated heterocycles. The van der Waals surface area contributed by atoms with Crippen molar-refractivity contribution in [3.8, 4) is 5.75 Å². The van der Waals surface area contributed by atoms with Gasteiger partial charge < -0.3 is 15.0 Å². The molecule has 1 atom stereocenters. The summed E-state index contributed by atoms with van der Waals surface area (Å²) < 4.78 is 18.5. The molecule has 0 aliphatic carbocycles. The summed E-state index contributed by atoms with van der Waals surface area (Å²) in [5.74, 6) is 0.356. The van der Waals surface area contributed by atoms with Crippen molar-refractivity contribution >= 4 is 5.91 Å². The summed E-state index contributed by atoms with van der Waals surface area (Å²) in [5, 5.41) is 3.31. The Labute approximate surface area is 125 Å². The first-order chi connectivity index (χ1) is 10.1. The number of nitrogens with one attached hydrogen (secondary N) is 1. The van der Waals surface area contributed by atoms with Gasteiger partial charge >= 0.3 is 0 Å². The van der Waals surface area contributed by atoms with Crippen molar-refractivity contribution in [2.45, 2.75) is 25.8 Å². The molecule has 1 aromatic carbocycles. The molecule has 0 radical (unpaired) electrons. The Morgan fingerprint density at radius 1 is 1.52 bits per heavy atom. The van der Waals surface area contributed by atoms with E-state index in [-0.39, 0.29) is 11.7 Å². The molecule has 1 heterocycles. The quantitative estimate of drug-likeness (QED) is 0.905. The molecule has 1 unspecified atom stereocenters. The third-order valence-corrected chi connectivity index (χ3v) is 3.92. The number of hydrogen-bond acceptors (Lipinski definition) is 3. The summed E-state index contributed by atoms with van der Waals surface area (Å²) in [6, 6.07) is 4.80. The van der Waals surface area contributed by atoms with Crippen molar-refractivity contribution in [2.75, 3.05) is 27.2 Å². The second-order valence-corrected chi connectivity index (χ2v) is 5.64. The van der Waals surface area contributed by atoms with E-state index in [9.17, 15) is 9.18 Å². The van der Waals surface area contributed by atoms with Gasteiger partial charge in [0.25, 0.3) is 0 Å². The molecule has 0 bridgehead atoms. The van der Waals surface area contributed by atoms with Crippen molar-refractivity contribution < 1.29 is 13.9 Å². The van der Waals surface area contributed by atoms with Gasteiger partial charge in [0.1, 0.15) is 0 Å². The molecule has 1 aromatic rings. The largest absolute Gasteiger partial charge is 0.494 e. The van der Waals surface area contributed by atoms with Crippen LogP contribution in [0.4, 0.5) is 4.39 Å². The van der Waals surface area contributed by atoms with Gasteiger partial charge in [-0.3, -0.25) is 4.79 Å². The number of piperidine rings is 1. The van der Waals surface area contributed by atoms with Crippen LogP contribution < -0.4 is 10.1 Å². The van der Waals surface area contributed by atoms with Gasteiger partial charge in [-0.15, -0.1) is 0 Å². The number of carbonyl (C=O) groups excluding carboxylic acids is 1. The van der Waals surface area contributed by atoms with Crippen molar-refractivity contribution in [3.05, 3.63) is 29.6 Å². The average molecular weight is 294 g/mol. The zero-order valence-corrected chi connectivity index (χ0v) is 12.7. The maximum Gasteiger partial charge on any atom is 0.222 e. The van der Waals surface area contributed by atoms with Crippen LogP contribution >= 0.6 is 0 Å². The van der Waals surface area contributed by atoms with E-state index in [0.717, 1.165) is 31.5 Å². The Kier molecular flexibility index (Phi) is 5.56. The molecule has 0 saturated carbocycles. The van der Waals surface area contributed by atoms with Crippen LogP contribution in [0.2, 0.25) is 0 Å². The molecule has 5 heteroatoms. The highest BCUT2D eigenvalue weighted by Crippen LogP contribution is 2.19. The van der Waals surface area contributed by atoms with Crippen molar-refractivity contribution in [2.24, 2.45) is 5.92 Å². The normalized spacial score (nSPS) is 18.3. The molecule has 1 aliphatic rings. The lowest BCUT2D eigenvalue weighted by Gasteiger charge is -2.25. The first-order valence-corrected chi connectivity index (χ1v) is 7.37. The van der Waals surface area contributed by atoms with E-state index < -0.39 is 5.82 Å². The van der Waals surface area contributed by atoms with E-state index in [1.165, 1.54) is 13.2 Å². The number of methoxy groups -OCH3 is 1. The van der Waals surface area contributed by atoms with Crippen LogP contribution in [0.15, 0.2) is 18.2 Å². The number of nitrogens with zero attached hydrogens (tertiary/aromatic N) is 1. The van der Waals surface area contributed by atoms with E-state index in [0.29, 0.717) is 18.9 Å². The minimum atomic E-state index is -0.396. The fraction of sp³-hybridized carbons (Fsp3) is 0.562. The van der Waals surface area contributed by atoms with Gasteiger partial charge in [0.2, 0.25) is 5.91 Å². The van der Waals surface area contributed by atoms with Gasteiger partial charge in [0.05, 0.1) is 7.11 Å². The number of benzene rings is 1. The van der Waals surface area contributed by atoms with Crippen LogP contribution in [-0.2, 0) is 11.3 Å². The molecular weight excluding hydrogens is 271 g/mol. The number of rotatable bonds is 5. The van der Waals surface area contributed by atoms with Crippen LogP contribution in [0.1, 0.15) is 24.8 Å². The molecule has 4 nitrogen and oxygen atoms in total. The number of ether oxygens (including phenoxy) is 1. The topological polar surface area (TPSA) is 41.6 Å². The summed E-state index contributed by atoms with van der Waals surface area (Å²) in [6.45, 7) is 2.38. The highest BCUT2D eigenvalue weighted by Gasteiger charge is 2.19. The summed E-state index contributed by atoms with van der Waals surface area (Å²) in [6.07, 6.45) is 2.79. The Morgan fingerprint density at radius 3 is 2.95 bits per heavy atom. The molecule has 116 valence electrons. The number of carbonyl (C=O) groups is 1. The summed E-state index contributed by atoms with van der Waals surface area (Å²) in [5.41, 5.74) is 0.769. The standard InChI is InChI=1S/C16H23FN2O2/c1-19(16(20)9-12-4-3-7-18-10-12)11-13-5-6-15(21-2)14(17)8-13/h5-6,8,12,18H,3-4,7,9-11H2,1-2H3. The molecule has 1 amide bonds. The lowest BCUT2D eigenvalue weighted by atomic mass is 9.95. The molecule has 2 rings (SSSR count). The second kappa shape index (κ2) is 7.41. The van der Waals surface area contributed by atoms with Gasteiger partial charge in [-0.2, -0.15) is 0 Å². The molecule has 1 aliphatic heterocycles. The van der Waals surface area contributed by atoms with Gasteiger partial charge in [-0.05, 0) is 49.5 Å². The van der Waals surface area contributed by atoms with Crippen LogP contribution in [0.5, 0.6) is 5.75 Å². The van der Waals surface area contributed by atoms with Crippen LogP contribution in [0.3, 0.4) is 0 Å². The van der Waals surface area contributed by atoms with E-state index in [2.05, 4.69) is 5.32 Å². The van der Waals surface area contributed by atoms with E-state index >= 15 is 0 Å². The summed E-state index contributed by atoms with van der Waals surface area (Å²) in [4.78, 5) is 13.9. The highest BCUT2D eigenvalue weighted by molar-refractivity contribution is 5.76. The number of hydrogen-bond donors (Lipinski definition) is 1. The first kappa shape index (κ1) is 15.8. The smallest absolute Gasteiger partial charge is 0.222 e. The Hall–Kier alpha value is -1.62. The number of halogens is 1. The summed E-state index contributed by atoms with van der Waals surface area (Å²) in [7, 11) is 3.20. The molecular formula is C16H23FN2O2.